The lowest BCUT2D eigenvalue weighted by Gasteiger charge is -2.21. The number of carbonyl (C=O) groups excluding carboxylic acids is 1. The van der Waals surface area contributed by atoms with Crippen LogP contribution in [0, 0.1) is 13.8 Å². The fourth-order valence-electron chi connectivity index (χ4n) is 2.33. The molecule has 1 aliphatic heterocycles. The first-order valence-corrected chi connectivity index (χ1v) is 8.43. The van der Waals surface area contributed by atoms with Gasteiger partial charge in [0.15, 0.2) is 0 Å². The fraction of sp³-hybridized carbons (Fsp3) is 0.389. The summed E-state index contributed by atoms with van der Waals surface area (Å²) in [5.41, 5.74) is 3.87. The van der Waals surface area contributed by atoms with Crippen LogP contribution in [-0.4, -0.2) is 23.1 Å². The Labute approximate surface area is 131 Å². The first-order valence-electron chi connectivity index (χ1n) is 7.44. The minimum Gasteiger partial charge on any atom is -0.315 e. The summed E-state index contributed by atoms with van der Waals surface area (Å²) in [7, 11) is 0. The van der Waals surface area contributed by atoms with E-state index in [1.165, 1.54) is 16.7 Å². The average Bonchev–Trinajstić information content (AvgIpc) is 2.52. The van der Waals surface area contributed by atoms with Crippen LogP contribution in [0.25, 0.3) is 0 Å². The molecule has 3 heteroatoms. The molecular formula is C18H23NOS. The summed E-state index contributed by atoms with van der Waals surface area (Å²) >= 11 is 1.66. The van der Waals surface area contributed by atoms with E-state index in [1.54, 1.807) is 22.9 Å². The molecule has 0 saturated carbocycles. The monoisotopic (exact) mass is 301 g/mol. The zero-order chi connectivity index (χ0) is 15.2. The molecule has 0 spiro atoms. The van der Waals surface area contributed by atoms with Crippen molar-refractivity contribution in [3.63, 3.8) is 0 Å². The third-order valence-electron chi connectivity index (χ3n) is 3.84. The van der Waals surface area contributed by atoms with Gasteiger partial charge in [-0.05, 0) is 61.8 Å². The molecule has 21 heavy (non-hydrogen) atoms. The molecule has 0 unspecified atom stereocenters. The van der Waals surface area contributed by atoms with Gasteiger partial charge in [0.05, 0.1) is 4.91 Å². The molecule has 2 nitrogen and oxygen atoms in total. The van der Waals surface area contributed by atoms with Crippen LogP contribution in [0.1, 0.15) is 29.5 Å². The lowest BCUT2D eigenvalue weighted by Crippen LogP contribution is -2.28. The molecule has 0 aromatic heterocycles. The maximum atomic E-state index is 12.4. The van der Waals surface area contributed by atoms with Gasteiger partial charge >= 0.3 is 0 Å². The van der Waals surface area contributed by atoms with Crippen molar-refractivity contribution in [2.75, 3.05) is 12.3 Å². The number of hydrogen-bond acceptors (Lipinski definition) is 2. The highest BCUT2D eigenvalue weighted by atomic mass is 32.2. The fourth-order valence-corrected chi connectivity index (χ4v) is 3.34. The van der Waals surface area contributed by atoms with Crippen molar-refractivity contribution in [1.29, 1.82) is 0 Å². The Morgan fingerprint density at radius 3 is 2.81 bits per heavy atom. The molecule has 0 radical (unpaired) electrons. The molecule has 1 amide bonds. The van der Waals surface area contributed by atoms with Gasteiger partial charge in [0.1, 0.15) is 0 Å². The minimum atomic E-state index is 0.0959. The summed E-state index contributed by atoms with van der Waals surface area (Å²) in [6, 6.07) is 6.49. The SMILES string of the molecule is C=CN(CCc1ccc(C)c(C)c1)C(=O)C1=CCCCS1. The number of rotatable bonds is 5. The molecule has 1 aliphatic rings. The van der Waals surface area contributed by atoms with E-state index in [-0.39, 0.29) is 5.91 Å². The second-order valence-corrected chi connectivity index (χ2v) is 6.55. The lowest BCUT2D eigenvalue weighted by atomic mass is 10.0. The van der Waals surface area contributed by atoms with Gasteiger partial charge < -0.3 is 4.90 Å². The molecular weight excluding hydrogens is 278 g/mol. The molecule has 0 atom stereocenters. The second-order valence-electron chi connectivity index (χ2n) is 5.41. The molecule has 2 rings (SSSR count). The molecule has 0 fully saturated rings. The molecule has 0 N–H and O–H groups in total. The van der Waals surface area contributed by atoms with E-state index >= 15 is 0 Å². The van der Waals surface area contributed by atoms with Crippen molar-refractivity contribution in [3.8, 4) is 0 Å². The molecule has 0 aliphatic carbocycles. The number of thioether (sulfide) groups is 1. The number of carbonyl (C=O) groups is 1. The second kappa shape index (κ2) is 7.51. The highest BCUT2D eigenvalue weighted by Crippen LogP contribution is 2.25. The third kappa shape index (κ3) is 4.24. The summed E-state index contributed by atoms with van der Waals surface area (Å²) < 4.78 is 0. The minimum absolute atomic E-state index is 0.0959. The first kappa shape index (κ1) is 15.9. The maximum Gasteiger partial charge on any atom is 0.263 e. The molecule has 0 saturated heterocycles. The highest BCUT2D eigenvalue weighted by molar-refractivity contribution is 8.04. The van der Waals surface area contributed by atoms with E-state index in [1.807, 2.05) is 0 Å². The van der Waals surface area contributed by atoms with E-state index in [0.717, 1.165) is 29.9 Å². The van der Waals surface area contributed by atoms with Crippen molar-refractivity contribution >= 4 is 17.7 Å². The van der Waals surface area contributed by atoms with Crippen molar-refractivity contribution in [1.82, 2.24) is 4.90 Å². The van der Waals surface area contributed by atoms with E-state index in [4.69, 9.17) is 0 Å². The Morgan fingerprint density at radius 1 is 1.38 bits per heavy atom. The van der Waals surface area contributed by atoms with Gasteiger partial charge in [0, 0.05) is 6.54 Å². The standard InChI is InChI=1S/C18H23NOS/c1-4-19(18(20)17-7-5-6-12-21-17)11-10-16-9-8-14(2)15(3)13-16/h4,7-9,13H,1,5-6,10-12H2,2-3H3. The third-order valence-corrected chi connectivity index (χ3v) is 4.99. The summed E-state index contributed by atoms with van der Waals surface area (Å²) in [4.78, 5) is 15.0. The number of benzene rings is 1. The average molecular weight is 301 g/mol. The zero-order valence-electron chi connectivity index (χ0n) is 12.9. The maximum absolute atomic E-state index is 12.4. The number of nitrogens with zero attached hydrogens (tertiary/aromatic N) is 1. The van der Waals surface area contributed by atoms with Crippen LogP contribution >= 0.6 is 11.8 Å². The van der Waals surface area contributed by atoms with E-state index in [9.17, 15) is 4.79 Å². The largest absolute Gasteiger partial charge is 0.315 e. The van der Waals surface area contributed by atoms with E-state index < -0.39 is 0 Å². The van der Waals surface area contributed by atoms with Gasteiger partial charge in [-0.3, -0.25) is 4.79 Å². The van der Waals surface area contributed by atoms with E-state index in [0.29, 0.717) is 6.54 Å². The van der Waals surface area contributed by atoms with Gasteiger partial charge in [-0.25, -0.2) is 0 Å². The summed E-state index contributed by atoms with van der Waals surface area (Å²) in [5.74, 6) is 1.14. The quantitative estimate of drug-likeness (QED) is 0.811. The molecule has 112 valence electrons. The Hall–Kier alpha value is -1.48. The number of amides is 1. The van der Waals surface area contributed by atoms with Crippen molar-refractivity contribution < 1.29 is 4.79 Å². The van der Waals surface area contributed by atoms with Crippen molar-refractivity contribution in [2.45, 2.75) is 33.1 Å². The van der Waals surface area contributed by atoms with Crippen LogP contribution in [0.15, 0.2) is 42.0 Å². The predicted octanol–water partition coefficient (Wildman–Crippen LogP) is 4.23. The van der Waals surface area contributed by atoms with Gasteiger partial charge in [0.25, 0.3) is 5.91 Å². The van der Waals surface area contributed by atoms with Crippen LogP contribution in [0.4, 0.5) is 0 Å². The van der Waals surface area contributed by atoms with Gasteiger partial charge in [-0.15, -0.1) is 11.8 Å². The number of aryl methyl sites for hydroxylation is 2. The number of hydrogen-bond donors (Lipinski definition) is 0. The zero-order valence-corrected chi connectivity index (χ0v) is 13.7. The topological polar surface area (TPSA) is 20.3 Å². The predicted molar refractivity (Wildman–Crippen MR) is 91.3 cm³/mol. The lowest BCUT2D eigenvalue weighted by molar-refractivity contribution is -0.123. The number of allylic oxidation sites excluding steroid dienone is 1. The molecule has 1 aromatic rings. The van der Waals surface area contributed by atoms with Crippen LogP contribution in [-0.2, 0) is 11.2 Å². The van der Waals surface area contributed by atoms with Gasteiger partial charge in [0.2, 0.25) is 0 Å². The molecule has 1 aromatic carbocycles. The Morgan fingerprint density at radius 2 is 2.19 bits per heavy atom. The summed E-state index contributed by atoms with van der Waals surface area (Å²) in [6.45, 7) is 8.71. The van der Waals surface area contributed by atoms with Crippen LogP contribution in [0.5, 0.6) is 0 Å². The van der Waals surface area contributed by atoms with Crippen LogP contribution in [0.2, 0.25) is 0 Å². The van der Waals surface area contributed by atoms with Crippen molar-refractivity contribution in [3.05, 3.63) is 58.6 Å². The Bertz CT molecular complexity index is 562. The molecule has 0 bridgehead atoms. The first-order chi connectivity index (χ1) is 10.1. The summed E-state index contributed by atoms with van der Waals surface area (Å²) in [6.07, 6.45) is 6.74. The summed E-state index contributed by atoms with van der Waals surface area (Å²) in [5, 5.41) is 0. The normalized spacial score (nSPS) is 14.5. The van der Waals surface area contributed by atoms with Crippen LogP contribution in [0.3, 0.4) is 0 Å². The van der Waals surface area contributed by atoms with Crippen molar-refractivity contribution in [2.24, 2.45) is 0 Å². The Balaban J connectivity index is 1.98. The van der Waals surface area contributed by atoms with Gasteiger partial charge in [-0.1, -0.05) is 30.9 Å². The Kier molecular flexibility index (Phi) is 5.68. The highest BCUT2D eigenvalue weighted by Gasteiger charge is 2.18. The van der Waals surface area contributed by atoms with Gasteiger partial charge in [-0.2, -0.15) is 0 Å². The van der Waals surface area contributed by atoms with E-state index in [2.05, 4.69) is 44.7 Å². The molecule has 1 heterocycles. The van der Waals surface area contributed by atoms with Crippen LogP contribution < -0.4 is 0 Å². The smallest absolute Gasteiger partial charge is 0.263 e.